The average molecular weight is 251 g/mol. The lowest BCUT2D eigenvalue weighted by molar-refractivity contribution is -0.135. The third-order valence-electron chi connectivity index (χ3n) is 1.53. The number of carboxylic acids is 1. The summed E-state index contributed by atoms with van der Waals surface area (Å²) in [6, 6.07) is 0. The van der Waals surface area contributed by atoms with Crippen molar-refractivity contribution in [2.24, 2.45) is 0 Å². The second-order valence-electron chi connectivity index (χ2n) is 3.85. The van der Waals surface area contributed by atoms with Gasteiger partial charge in [-0.25, -0.2) is 4.79 Å². The number of hydrogen-bond donors (Lipinski definition) is 3. The van der Waals surface area contributed by atoms with Gasteiger partial charge in [-0.3, -0.25) is 9.35 Å². The van der Waals surface area contributed by atoms with Gasteiger partial charge >= 0.3 is 5.97 Å². The molecule has 0 saturated heterocycles. The van der Waals surface area contributed by atoms with Gasteiger partial charge in [-0.1, -0.05) is 6.58 Å². The van der Waals surface area contributed by atoms with E-state index in [1.807, 2.05) is 0 Å². The van der Waals surface area contributed by atoms with Crippen molar-refractivity contribution in [1.82, 2.24) is 5.32 Å². The summed E-state index contributed by atoms with van der Waals surface area (Å²) in [5.74, 6) is -3.22. The SMILES string of the molecule is C=C(C(=O)O)C(=O)NC(C)(C)CS(=O)(=O)O. The summed E-state index contributed by atoms with van der Waals surface area (Å²) in [4.78, 5) is 21.6. The van der Waals surface area contributed by atoms with Gasteiger partial charge in [0.15, 0.2) is 0 Å². The van der Waals surface area contributed by atoms with Crippen LogP contribution in [0.1, 0.15) is 13.8 Å². The molecule has 0 aliphatic rings. The lowest BCUT2D eigenvalue weighted by Gasteiger charge is -2.24. The normalized spacial score (nSPS) is 11.9. The molecule has 0 fully saturated rings. The van der Waals surface area contributed by atoms with Gasteiger partial charge in [0, 0.05) is 0 Å². The van der Waals surface area contributed by atoms with Crippen molar-refractivity contribution in [3.63, 3.8) is 0 Å². The fourth-order valence-corrected chi connectivity index (χ4v) is 1.96. The Morgan fingerprint density at radius 2 is 1.81 bits per heavy atom. The molecule has 8 heteroatoms. The van der Waals surface area contributed by atoms with Crippen molar-refractivity contribution < 1.29 is 27.7 Å². The Hall–Kier alpha value is -1.41. The fraction of sp³-hybridized carbons (Fsp3) is 0.500. The summed E-state index contributed by atoms with van der Waals surface area (Å²) in [5, 5.41) is 10.6. The summed E-state index contributed by atoms with van der Waals surface area (Å²) >= 11 is 0. The predicted molar refractivity (Wildman–Crippen MR) is 55.4 cm³/mol. The number of hydrogen-bond acceptors (Lipinski definition) is 4. The van der Waals surface area contributed by atoms with E-state index in [1.54, 1.807) is 0 Å². The quantitative estimate of drug-likeness (QED) is 0.260. The highest BCUT2D eigenvalue weighted by molar-refractivity contribution is 7.85. The molecule has 0 aliphatic heterocycles. The Labute approximate surface area is 92.9 Å². The van der Waals surface area contributed by atoms with Crippen LogP contribution in [0.3, 0.4) is 0 Å². The van der Waals surface area contributed by atoms with Crippen molar-refractivity contribution in [2.45, 2.75) is 19.4 Å². The molecule has 0 aromatic carbocycles. The number of carbonyl (C=O) groups excluding carboxylic acids is 1. The van der Waals surface area contributed by atoms with Gasteiger partial charge in [-0.05, 0) is 13.8 Å². The van der Waals surface area contributed by atoms with Crippen LogP contribution in [0.25, 0.3) is 0 Å². The summed E-state index contributed by atoms with van der Waals surface area (Å²) in [5.41, 5.74) is -1.99. The van der Waals surface area contributed by atoms with Crippen LogP contribution >= 0.6 is 0 Å². The highest BCUT2D eigenvalue weighted by atomic mass is 32.2. The number of rotatable bonds is 5. The van der Waals surface area contributed by atoms with E-state index >= 15 is 0 Å². The van der Waals surface area contributed by atoms with Crippen molar-refractivity contribution in [1.29, 1.82) is 0 Å². The minimum Gasteiger partial charge on any atom is -0.478 e. The second kappa shape index (κ2) is 4.62. The summed E-state index contributed by atoms with van der Waals surface area (Å²) < 4.78 is 29.8. The molecule has 0 saturated carbocycles. The maximum Gasteiger partial charge on any atom is 0.340 e. The molecular weight excluding hydrogens is 238 g/mol. The van der Waals surface area contributed by atoms with Crippen LogP contribution in [-0.4, -0.2) is 41.2 Å². The van der Waals surface area contributed by atoms with Gasteiger partial charge in [0.05, 0.1) is 11.3 Å². The minimum absolute atomic E-state index is 0.705. The topological polar surface area (TPSA) is 121 Å². The number of nitrogens with one attached hydrogen (secondary N) is 1. The number of aliphatic carboxylic acids is 1. The molecule has 0 aromatic heterocycles. The molecule has 0 heterocycles. The molecule has 7 nitrogen and oxygen atoms in total. The predicted octanol–water partition coefficient (Wildman–Crippen LogP) is -0.590. The monoisotopic (exact) mass is 251 g/mol. The first kappa shape index (κ1) is 14.6. The van der Waals surface area contributed by atoms with Crippen LogP contribution < -0.4 is 5.32 Å². The van der Waals surface area contributed by atoms with Crippen molar-refractivity contribution in [3.05, 3.63) is 12.2 Å². The van der Waals surface area contributed by atoms with E-state index < -0.39 is 38.9 Å². The van der Waals surface area contributed by atoms with Gasteiger partial charge in [0.1, 0.15) is 5.57 Å². The molecule has 0 radical (unpaired) electrons. The lowest BCUT2D eigenvalue weighted by atomic mass is 10.1. The molecule has 0 spiro atoms. The largest absolute Gasteiger partial charge is 0.478 e. The van der Waals surface area contributed by atoms with Crippen LogP contribution in [0.15, 0.2) is 12.2 Å². The molecule has 0 bridgehead atoms. The Morgan fingerprint density at radius 3 is 2.12 bits per heavy atom. The zero-order chi connectivity index (χ0) is 13.1. The van der Waals surface area contributed by atoms with Crippen molar-refractivity contribution in [2.75, 3.05) is 5.75 Å². The summed E-state index contributed by atoms with van der Waals surface area (Å²) in [6.45, 7) is 5.67. The molecule has 92 valence electrons. The van der Waals surface area contributed by atoms with Gasteiger partial charge in [0.2, 0.25) is 0 Å². The summed E-state index contributed by atoms with van der Waals surface area (Å²) in [7, 11) is -4.27. The van der Waals surface area contributed by atoms with Crippen LogP contribution in [0.2, 0.25) is 0 Å². The third-order valence-corrected chi connectivity index (χ3v) is 2.61. The average Bonchev–Trinajstić information content (AvgIpc) is 1.96. The first-order valence-corrected chi connectivity index (χ1v) is 5.75. The molecule has 0 atom stereocenters. The molecular formula is C8H13NO6S. The van der Waals surface area contributed by atoms with Gasteiger partial charge in [0.25, 0.3) is 16.0 Å². The van der Waals surface area contributed by atoms with E-state index in [4.69, 9.17) is 9.66 Å². The lowest BCUT2D eigenvalue weighted by Crippen LogP contribution is -2.49. The van der Waals surface area contributed by atoms with Gasteiger partial charge < -0.3 is 10.4 Å². The third kappa shape index (κ3) is 5.47. The van der Waals surface area contributed by atoms with Crippen molar-refractivity contribution in [3.8, 4) is 0 Å². The zero-order valence-electron chi connectivity index (χ0n) is 8.85. The molecule has 0 aromatic rings. The maximum absolute atomic E-state index is 11.2. The van der Waals surface area contributed by atoms with Crippen molar-refractivity contribution >= 4 is 22.0 Å². The molecule has 0 aliphatic carbocycles. The molecule has 3 N–H and O–H groups in total. The fourth-order valence-electron chi connectivity index (χ4n) is 0.972. The summed E-state index contributed by atoms with van der Waals surface area (Å²) in [6.07, 6.45) is 0. The first-order valence-electron chi connectivity index (χ1n) is 4.14. The van der Waals surface area contributed by atoms with Gasteiger partial charge in [-0.2, -0.15) is 8.42 Å². The smallest absolute Gasteiger partial charge is 0.340 e. The number of carbonyl (C=O) groups is 2. The molecule has 1 amide bonds. The maximum atomic E-state index is 11.2. The van der Waals surface area contributed by atoms with Crippen LogP contribution in [0.4, 0.5) is 0 Å². The van der Waals surface area contributed by atoms with Crippen LogP contribution in [0, 0.1) is 0 Å². The van der Waals surface area contributed by atoms with Crippen LogP contribution in [0.5, 0.6) is 0 Å². The van der Waals surface area contributed by atoms with Crippen LogP contribution in [-0.2, 0) is 19.7 Å². The number of carboxylic acid groups (broad SMARTS) is 1. The van der Waals surface area contributed by atoms with E-state index in [1.165, 1.54) is 13.8 Å². The van der Waals surface area contributed by atoms with E-state index in [2.05, 4.69) is 11.9 Å². The molecule has 0 rings (SSSR count). The first-order chi connectivity index (χ1) is 6.94. The van der Waals surface area contributed by atoms with Gasteiger partial charge in [-0.15, -0.1) is 0 Å². The Kier molecular flexibility index (Phi) is 4.21. The standard InChI is InChI=1S/C8H13NO6S/c1-5(7(11)12)6(10)9-8(2,3)4-16(13,14)15/h1,4H2,2-3H3,(H,9,10)(H,11,12)(H,13,14,15). The Bertz CT molecular complexity index is 422. The van der Waals surface area contributed by atoms with E-state index in [-0.39, 0.29) is 0 Å². The zero-order valence-corrected chi connectivity index (χ0v) is 9.67. The van der Waals surface area contributed by atoms with E-state index in [0.29, 0.717) is 0 Å². The highest BCUT2D eigenvalue weighted by Gasteiger charge is 2.28. The Morgan fingerprint density at radius 1 is 1.38 bits per heavy atom. The van der Waals surface area contributed by atoms with E-state index in [9.17, 15) is 18.0 Å². The van der Waals surface area contributed by atoms with E-state index in [0.717, 1.165) is 0 Å². The second-order valence-corrected chi connectivity index (χ2v) is 5.30. The Balaban J connectivity index is 4.67. The molecule has 16 heavy (non-hydrogen) atoms. The highest BCUT2D eigenvalue weighted by Crippen LogP contribution is 2.07. The molecule has 0 unspecified atom stereocenters. The number of amides is 1. The minimum atomic E-state index is -4.27.